The van der Waals surface area contributed by atoms with Crippen molar-refractivity contribution >= 4 is 12.2 Å². The minimum absolute atomic E-state index is 0.483. The summed E-state index contributed by atoms with van der Waals surface area (Å²) < 4.78 is 12.7. The predicted octanol–water partition coefficient (Wildman–Crippen LogP) is 1.80. The summed E-state index contributed by atoms with van der Waals surface area (Å²) in [5, 5.41) is 0. The van der Waals surface area contributed by atoms with Crippen LogP contribution >= 0.6 is 0 Å². The number of H-pyrrole nitrogens is 1. The molecule has 1 N–H and O–H groups in total. The van der Waals surface area contributed by atoms with E-state index >= 15 is 0 Å². The van der Waals surface area contributed by atoms with Gasteiger partial charge in [0, 0.05) is 11.3 Å². The molecule has 0 fully saturated rings. The Morgan fingerprint density at radius 1 is 1.42 bits per heavy atom. The zero-order valence-electron chi connectivity index (χ0n) is 6.43. The smallest absolute Gasteiger partial charge is 0.284 e. The zero-order valence-corrected chi connectivity index (χ0v) is 6.43. The van der Waals surface area contributed by atoms with Gasteiger partial charge in [0.2, 0.25) is 0 Å². The van der Waals surface area contributed by atoms with E-state index in [0.717, 1.165) is 6.07 Å². The molecule has 0 aliphatic carbocycles. The summed E-state index contributed by atoms with van der Waals surface area (Å²) in [6.07, 6.45) is 2.90. The first-order valence-corrected chi connectivity index (χ1v) is 3.36. The summed E-state index contributed by atoms with van der Waals surface area (Å²) in [4.78, 5) is 13.1. The predicted molar refractivity (Wildman–Crippen MR) is 47.2 cm³/mol. The van der Waals surface area contributed by atoms with Crippen molar-refractivity contribution in [3.63, 3.8) is 0 Å². The third kappa shape index (κ3) is 1.34. The summed E-state index contributed by atoms with van der Waals surface area (Å²) in [5.41, 5.74) is 0.272. The molecule has 0 atom stereocenters. The Morgan fingerprint density at radius 3 is 2.58 bits per heavy atom. The number of hydrogen-bond acceptors (Lipinski definition) is 1. The number of aromatic amines is 1. The van der Waals surface area contributed by atoms with Crippen molar-refractivity contribution < 1.29 is 4.39 Å². The van der Waals surface area contributed by atoms with Gasteiger partial charge in [-0.05, 0) is 12.1 Å². The van der Waals surface area contributed by atoms with E-state index in [1.807, 2.05) is 0 Å². The molecule has 0 radical (unpaired) electrons. The summed E-state index contributed by atoms with van der Waals surface area (Å²) in [6.45, 7) is 6.94. The maximum Gasteiger partial charge on any atom is 0.284 e. The van der Waals surface area contributed by atoms with E-state index in [1.165, 1.54) is 12.2 Å². The molecule has 0 aromatic carbocycles. The number of rotatable bonds is 2. The highest BCUT2D eigenvalue weighted by Gasteiger charge is 2.02. The second-order valence-corrected chi connectivity index (χ2v) is 2.22. The van der Waals surface area contributed by atoms with Crippen LogP contribution in [0.3, 0.4) is 0 Å². The highest BCUT2D eigenvalue weighted by Crippen LogP contribution is 2.07. The lowest BCUT2D eigenvalue weighted by molar-refractivity contribution is 0.607. The molecule has 1 aromatic rings. The van der Waals surface area contributed by atoms with Crippen molar-refractivity contribution in [3.8, 4) is 0 Å². The molecule has 1 heterocycles. The van der Waals surface area contributed by atoms with Gasteiger partial charge in [0.1, 0.15) is 0 Å². The van der Waals surface area contributed by atoms with Crippen LogP contribution in [0, 0.1) is 5.82 Å². The second kappa shape index (κ2) is 3.17. The van der Waals surface area contributed by atoms with Gasteiger partial charge in [-0.3, -0.25) is 4.79 Å². The fourth-order valence-electron chi connectivity index (χ4n) is 0.872. The molecule has 62 valence electrons. The standard InChI is InChI=1S/C9H8FNO/c1-3-6-5-7(10)9(12)11-8(6)4-2/h3-5H,1-2H2,(H,11,12). The molecular formula is C9H8FNO. The molecule has 12 heavy (non-hydrogen) atoms. The molecule has 0 unspecified atom stereocenters. The lowest BCUT2D eigenvalue weighted by Gasteiger charge is -1.98. The number of halogens is 1. The molecule has 0 aliphatic heterocycles. The van der Waals surface area contributed by atoms with E-state index in [2.05, 4.69) is 18.1 Å². The van der Waals surface area contributed by atoms with Crippen molar-refractivity contribution in [2.24, 2.45) is 0 Å². The minimum atomic E-state index is -0.810. The molecule has 3 heteroatoms. The fourth-order valence-corrected chi connectivity index (χ4v) is 0.872. The van der Waals surface area contributed by atoms with Crippen molar-refractivity contribution in [2.45, 2.75) is 0 Å². The molecule has 1 aromatic heterocycles. The molecule has 1 rings (SSSR count). The average molecular weight is 165 g/mol. The van der Waals surface area contributed by atoms with Gasteiger partial charge in [0.15, 0.2) is 5.82 Å². The van der Waals surface area contributed by atoms with Crippen LogP contribution in [-0.2, 0) is 0 Å². The van der Waals surface area contributed by atoms with Gasteiger partial charge in [-0.1, -0.05) is 19.2 Å². The van der Waals surface area contributed by atoms with Gasteiger partial charge in [0.05, 0.1) is 0 Å². The summed E-state index contributed by atoms with van der Waals surface area (Å²) in [5.74, 6) is -0.810. The first-order valence-electron chi connectivity index (χ1n) is 3.36. The van der Waals surface area contributed by atoms with E-state index in [0.29, 0.717) is 11.3 Å². The molecule has 0 saturated heterocycles. The fraction of sp³-hybridized carbons (Fsp3) is 0. The van der Waals surface area contributed by atoms with Gasteiger partial charge in [-0.25, -0.2) is 4.39 Å². The first kappa shape index (κ1) is 8.46. The molecule has 0 spiro atoms. The largest absolute Gasteiger partial charge is 0.319 e. The van der Waals surface area contributed by atoms with E-state index < -0.39 is 11.4 Å². The van der Waals surface area contributed by atoms with Crippen LogP contribution in [0.2, 0.25) is 0 Å². The Kier molecular flexibility index (Phi) is 2.24. The Balaban J connectivity index is 3.48. The topological polar surface area (TPSA) is 32.9 Å². The minimum Gasteiger partial charge on any atom is -0.319 e. The number of nitrogens with one attached hydrogen (secondary N) is 1. The monoisotopic (exact) mass is 165 g/mol. The van der Waals surface area contributed by atoms with E-state index in [-0.39, 0.29) is 0 Å². The van der Waals surface area contributed by atoms with Crippen LogP contribution < -0.4 is 5.56 Å². The average Bonchev–Trinajstić information content (AvgIpc) is 2.09. The Labute approximate surface area is 69.1 Å². The first-order chi connectivity index (χ1) is 5.69. The normalized spacial score (nSPS) is 9.42. The molecule has 0 amide bonds. The molecule has 0 aliphatic rings. The van der Waals surface area contributed by atoms with Crippen LogP contribution in [0.4, 0.5) is 4.39 Å². The Bertz CT molecular complexity index is 379. The third-order valence-corrected chi connectivity index (χ3v) is 1.48. The maximum absolute atomic E-state index is 12.7. The van der Waals surface area contributed by atoms with Crippen LogP contribution in [-0.4, -0.2) is 4.98 Å². The van der Waals surface area contributed by atoms with Gasteiger partial charge in [0.25, 0.3) is 5.56 Å². The number of pyridine rings is 1. The zero-order chi connectivity index (χ0) is 9.14. The SMILES string of the molecule is C=Cc1cc(F)c(=O)[nH]c1C=C. The molecule has 0 saturated carbocycles. The number of aromatic nitrogens is 1. The van der Waals surface area contributed by atoms with Gasteiger partial charge in [-0.15, -0.1) is 0 Å². The van der Waals surface area contributed by atoms with Crippen LogP contribution in [0.25, 0.3) is 12.2 Å². The van der Waals surface area contributed by atoms with Crippen LogP contribution in [0.1, 0.15) is 11.3 Å². The van der Waals surface area contributed by atoms with Gasteiger partial charge < -0.3 is 4.98 Å². The molecule has 0 bridgehead atoms. The maximum atomic E-state index is 12.7. The quantitative estimate of drug-likeness (QED) is 0.712. The lowest BCUT2D eigenvalue weighted by atomic mass is 10.2. The van der Waals surface area contributed by atoms with E-state index in [9.17, 15) is 9.18 Å². The van der Waals surface area contributed by atoms with Crippen molar-refractivity contribution in [2.75, 3.05) is 0 Å². The summed E-state index contributed by atoms with van der Waals surface area (Å²) in [6, 6.07) is 1.13. The van der Waals surface area contributed by atoms with Crippen molar-refractivity contribution in [1.29, 1.82) is 0 Å². The van der Waals surface area contributed by atoms with Crippen LogP contribution in [0.15, 0.2) is 24.0 Å². The second-order valence-electron chi connectivity index (χ2n) is 2.22. The third-order valence-electron chi connectivity index (χ3n) is 1.48. The lowest BCUT2D eigenvalue weighted by Crippen LogP contribution is -2.12. The van der Waals surface area contributed by atoms with E-state index in [1.54, 1.807) is 0 Å². The molecule has 2 nitrogen and oxygen atoms in total. The molecular weight excluding hydrogens is 157 g/mol. The number of hydrogen-bond donors (Lipinski definition) is 1. The Morgan fingerprint density at radius 2 is 2.08 bits per heavy atom. The van der Waals surface area contributed by atoms with E-state index in [4.69, 9.17) is 0 Å². The van der Waals surface area contributed by atoms with Gasteiger partial charge in [-0.2, -0.15) is 0 Å². The van der Waals surface area contributed by atoms with Crippen molar-refractivity contribution in [1.82, 2.24) is 4.98 Å². The van der Waals surface area contributed by atoms with Crippen LogP contribution in [0.5, 0.6) is 0 Å². The highest BCUT2D eigenvalue weighted by atomic mass is 19.1. The summed E-state index contributed by atoms with van der Waals surface area (Å²) in [7, 11) is 0. The summed E-state index contributed by atoms with van der Waals surface area (Å²) >= 11 is 0. The highest BCUT2D eigenvalue weighted by molar-refractivity contribution is 5.59. The van der Waals surface area contributed by atoms with Crippen molar-refractivity contribution in [3.05, 3.63) is 46.7 Å². The Hall–Kier alpha value is -1.64. The van der Waals surface area contributed by atoms with Gasteiger partial charge >= 0.3 is 0 Å².